The van der Waals surface area contributed by atoms with Gasteiger partial charge in [0.1, 0.15) is 23.4 Å². The summed E-state index contributed by atoms with van der Waals surface area (Å²) in [6.07, 6.45) is 1.93. The van der Waals surface area contributed by atoms with E-state index in [2.05, 4.69) is 25.1 Å². The Morgan fingerprint density at radius 3 is 2.38 bits per heavy atom. The molecular weight excluding hydrogens is 456 g/mol. The van der Waals surface area contributed by atoms with Crippen molar-refractivity contribution in [1.29, 1.82) is 0 Å². The fraction of sp³-hybridized carbons (Fsp3) is 0.450. The lowest BCUT2D eigenvalue weighted by Gasteiger charge is -2.22. The number of ether oxygens (including phenoxy) is 2. The molecule has 0 amide bonds. The van der Waals surface area contributed by atoms with Crippen molar-refractivity contribution in [2.45, 2.75) is 43.9 Å². The van der Waals surface area contributed by atoms with Gasteiger partial charge in [0.05, 0.1) is 17.4 Å². The van der Waals surface area contributed by atoms with E-state index in [1.807, 2.05) is 13.8 Å². The van der Waals surface area contributed by atoms with Crippen LogP contribution in [0.5, 0.6) is 5.88 Å². The number of hydrogen-bond donors (Lipinski definition) is 0. The third-order valence-electron chi connectivity index (χ3n) is 4.92. The molecule has 0 radical (unpaired) electrons. The van der Waals surface area contributed by atoms with Crippen LogP contribution in [0.2, 0.25) is 5.02 Å². The second kappa shape index (κ2) is 9.88. The van der Waals surface area contributed by atoms with Gasteiger partial charge in [0.15, 0.2) is 21.5 Å². The summed E-state index contributed by atoms with van der Waals surface area (Å²) in [4.78, 5) is 12.6. The number of methoxy groups -OCH3 is 2. The Morgan fingerprint density at radius 1 is 1.09 bits per heavy atom. The second-order valence-corrected chi connectivity index (χ2v) is 10.2. The van der Waals surface area contributed by atoms with Crippen molar-refractivity contribution < 1.29 is 17.9 Å². The quantitative estimate of drug-likeness (QED) is 0.454. The first-order valence-corrected chi connectivity index (χ1v) is 11.9. The molecule has 0 N–H and O–H groups in total. The van der Waals surface area contributed by atoms with E-state index >= 15 is 0 Å². The number of rotatable bonds is 9. The first-order chi connectivity index (χ1) is 15.2. The van der Waals surface area contributed by atoms with Crippen LogP contribution in [-0.4, -0.2) is 57.6 Å². The van der Waals surface area contributed by atoms with Gasteiger partial charge in [0.2, 0.25) is 5.88 Å². The van der Waals surface area contributed by atoms with Gasteiger partial charge in [-0.1, -0.05) is 17.7 Å². The molecule has 3 rings (SSSR count). The fourth-order valence-electron chi connectivity index (χ4n) is 3.27. The van der Waals surface area contributed by atoms with Gasteiger partial charge in [0, 0.05) is 31.6 Å². The van der Waals surface area contributed by atoms with Crippen molar-refractivity contribution >= 4 is 21.4 Å². The van der Waals surface area contributed by atoms with Crippen molar-refractivity contribution in [2.75, 3.05) is 14.2 Å². The molecule has 0 spiro atoms. The number of aromatic nitrogens is 6. The molecule has 2 atom stereocenters. The monoisotopic (exact) mass is 480 g/mol. The van der Waals surface area contributed by atoms with Crippen molar-refractivity contribution in [3.63, 3.8) is 0 Å². The van der Waals surface area contributed by atoms with Crippen LogP contribution < -0.4 is 4.74 Å². The van der Waals surface area contributed by atoms with E-state index in [1.54, 1.807) is 29.7 Å². The molecule has 0 unspecified atom stereocenters. The molecule has 0 saturated carbocycles. The predicted molar refractivity (Wildman–Crippen MR) is 119 cm³/mol. The number of sulfone groups is 1. The molecular formula is C20H25ClN6O4S. The van der Waals surface area contributed by atoms with E-state index in [1.165, 1.54) is 26.6 Å². The van der Waals surface area contributed by atoms with Crippen LogP contribution in [0.3, 0.4) is 0 Å². The molecule has 12 heteroatoms. The van der Waals surface area contributed by atoms with E-state index in [4.69, 9.17) is 21.1 Å². The SMILES string of the molecule is COc1cccc(-c2nnc(CS(=O)(=O)[C@@H](C)[C@H](OC)c3ncc(Cl)cn3)n2C(C)C)n1. The van der Waals surface area contributed by atoms with Crippen LogP contribution in [0.1, 0.15) is 44.6 Å². The van der Waals surface area contributed by atoms with Gasteiger partial charge in [-0.2, -0.15) is 0 Å². The molecule has 0 aliphatic rings. The summed E-state index contributed by atoms with van der Waals surface area (Å²) in [6.45, 7) is 5.40. The Hall–Kier alpha value is -2.63. The normalized spacial score (nSPS) is 13.8. The van der Waals surface area contributed by atoms with Crippen molar-refractivity contribution in [1.82, 2.24) is 29.7 Å². The minimum absolute atomic E-state index is 0.105. The Labute approximate surface area is 191 Å². The number of nitrogens with zero attached hydrogens (tertiary/aromatic N) is 6. The van der Waals surface area contributed by atoms with E-state index < -0.39 is 21.2 Å². The highest BCUT2D eigenvalue weighted by Gasteiger charge is 2.34. The Balaban J connectivity index is 1.94. The van der Waals surface area contributed by atoms with Gasteiger partial charge in [-0.25, -0.2) is 23.4 Å². The van der Waals surface area contributed by atoms with Gasteiger partial charge >= 0.3 is 0 Å². The molecule has 3 heterocycles. The summed E-state index contributed by atoms with van der Waals surface area (Å²) in [5.41, 5.74) is 0.534. The zero-order valence-electron chi connectivity index (χ0n) is 18.4. The number of halogens is 1. The smallest absolute Gasteiger partial charge is 0.213 e. The molecule has 0 fully saturated rings. The zero-order valence-corrected chi connectivity index (χ0v) is 20.0. The molecule has 0 saturated heterocycles. The first-order valence-electron chi connectivity index (χ1n) is 9.85. The van der Waals surface area contributed by atoms with Crippen LogP contribution in [0.15, 0.2) is 30.6 Å². The summed E-state index contributed by atoms with van der Waals surface area (Å²) in [5, 5.41) is 7.80. The minimum atomic E-state index is -3.73. The van der Waals surface area contributed by atoms with Crippen molar-refractivity contribution in [2.24, 2.45) is 0 Å². The van der Waals surface area contributed by atoms with E-state index in [-0.39, 0.29) is 17.6 Å². The summed E-state index contributed by atoms with van der Waals surface area (Å²) in [5.74, 6) is 1.09. The summed E-state index contributed by atoms with van der Waals surface area (Å²) >= 11 is 5.84. The number of pyridine rings is 1. The fourth-order valence-corrected chi connectivity index (χ4v) is 4.79. The molecule has 0 aromatic carbocycles. The molecule has 0 bridgehead atoms. The van der Waals surface area contributed by atoms with Crippen LogP contribution in [0.4, 0.5) is 0 Å². The van der Waals surface area contributed by atoms with Gasteiger partial charge in [-0.05, 0) is 26.8 Å². The molecule has 3 aromatic rings. The van der Waals surface area contributed by atoms with E-state index in [0.29, 0.717) is 28.2 Å². The molecule has 3 aromatic heterocycles. The lowest BCUT2D eigenvalue weighted by Crippen LogP contribution is -2.30. The van der Waals surface area contributed by atoms with Gasteiger partial charge in [-0.3, -0.25) is 0 Å². The van der Waals surface area contributed by atoms with Crippen molar-refractivity contribution in [3.05, 3.63) is 47.3 Å². The maximum Gasteiger partial charge on any atom is 0.213 e. The highest BCUT2D eigenvalue weighted by Crippen LogP contribution is 2.28. The molecule has 0 aliphatic carbocycles. The van der Waals surface area contributed by atoms with Crippen LogP contribution >= 0.6 is 11.6 Å². The highest BCUT2D eigenvalue weighted by molar-refractivity contribution is 7.91. The lowest BCUT2D eigenvalue weighted by molar-refractivity contribution is 0.0948. The Kier molecular flexibility index (Phi) is 7.42. The lowest BCUT2D eigenvalue weighted by atomic mass is 10.2. The maximum atomic E-state index is 13.3. The minimum Gasteiger partial charge on any atom is -0.481 e. The van der Waals surface area contributed by atoms with Gasteiger partial charge in [-0.15, -0.1) is 10.2 Å². The predicted octanol–water partition coefficient (Wildman–Crippen LogP) is 3.06. The first kappa shape index (κ1) is 24.0. The highest BCUT2D eigenvalue weighted by atomic mass is 35.5. The Bertz CT molecular complexity index is 1170. The summed E-state index contributed by atoms with van der Waals surface area (Å²) in [7, 11) is -0.789. The third-order valence-corrected chi connectivity index (χ3v) is 7.15. The number of hydrogen-bond acceptors (Lipinski definition) is 9. The molecule has 10 nitrogen and oxygen atoms in total. The Morgan fingerprint density at radius 2 is 1.78 bits per heavy atom. The van der Waals surface area contributed by atoms with Crippen LogP contribution in [0, 0.1) is 0 Å². The van der Waals surface area contributed by atoms with Crippen LogP contribution in [-0.2, 0) is 20.3 Å². The zero-order chi connectivity index (χ0) is 23.5. The molecule has 0 aliphatic heterocycles. The molecule has 32 heavy (non-hydrogen) atoms. The average Bonchev–Trinajstić information content (AvgIpc) is 3.18. The summed E-state index contributed by atoms with van der Waals surface area (Å²) < 4.78 is 38.9. The second-order valence-electron chi connectivity index (χ2n) is 7.40. The largest absolute Gasteiger partial charge is 0.481 e. The van der Waals surface area contributed by atoms with Crippen molar-refractivity contribution in [3.8, 4) is 17.4 Å². The van der Waals surface area contributed by atoms with E-state index in [9.17, 15) is 8.42 Å². The van der Waals surface area contributed by atoms with E-state index in [0.717, 1.165) is 0 Å². The standard InChI is InChI=1S/C20H25ClN6O4S/c1-12(2)27-16(25-26-20(27)15-7-6-8-17(24-15)30-4)11-32(28,29)13(3)18(31-5)19-22-9-14(21)10-23-19/h6-10,12-13,18H,11H2,1-5H3/t13-,18-/m0/s1. The molecule has 172 valence electrons. The summed E-state index contributed by atoms with van der Waals surface area (Å²) in [6, 6.07) is 5.17. The van der Waals surface area contributed by atoms with Gasteiger partial charge in [0.25, 0.3) is 0 Å². The topological polar surface area (TPSA) is 122 Å². The van der Waals surface area contributed by atoms with Crippen LogP contribution in [0.25, 0.3) is 11.5 Å². The average molecular weight is 481 g/mol. The maximum absolute atomic E-state index is 13.3. The van der Waals surface area contributed by atoms with Gasteiger partial charge < -0.3 is 14.0 Å². The third kappa shape index (κ3) is 5.05.